The Morgan fingerprint density at radius 1 is 1.73 bits per heavy atom. The molecule has 1 aliphatic heterocycles. The number of amides is 1. The van der Waals surface area contributed by atoms with E-state index >= 15 is 0 Å². The van der Waals surface area contributed by atoms with Gasteiger partial charge in [0.1, 0.15) is 0 Å². The van der Waals surface area contributed by atoms with E-state index in [1.807, 2.05) is 6.92 Å². The van der Waals surface area contributed by atoms with Gasteiger partial charge in [0.15, 0.2) is 5.12 Å². The number of aliphatic hydroxyl groups is 1. The van der Waals surface area contributed by atoms with Crippen LogP contribution in [-0.2, 0) is 9.59 Å². The second-order valence-electron chi connectivity index (χ2n) is 3.73. The smallest absolute Gasteiger partial charge is 0.224 e. The molecule has 0 bridgehead atoms. The Balaban J connectivity index is 2.55. The predicted octanol–water partition coefficient (Wildman–Crippen LogP) is 0.638. The summed E-state index contributed by atoms with van der Waals surface area (Å²) in [5, 5.41) is 9.22. The van der Waals surface area contributed by atoms with Crippen molar-refractivity contribution in [2.45, 2.75) is 38.0 Å². The van der Waals surface area contributed by atoms with Gasteiger partial charge in [0, 0.05) is 25.1 Å². The summed E-state index contributed by atoms with van der Waals surface area (Å²) in [7, 11) is 0. The molecule has 86 valence electrons. The minimum absolute atomic E-state index is 0.000300. The fraction of sp³-hybridized carbons (Fsp3) is 0.800. The lowest BCUT2D eigenvalue weighted by atomic mass is 10.2. The van der Waals surface area contributed by atoms with Gasteiger partial charge in [0.2, 0.25) is 5.91 Å². The van der Waals surface area contributed by atoms with Gasteiger partial charge >= 0.3 is 0 Å². The van der Waals surface area contributed by atoms with Crippen LogP contribution < -0.4 is 0 Å². The molecule has 4 nitrogen and oxygen atoms in total. The van der Waals surface area contributed by atoms with Crippen molar-refractivity contribution in [1.82, 2.24) is 4.90 Å². The average Bonchev–Trinajstić information content (AvgIpc) is 2.48. The standard InChI is InChI=1S/C10H17NO3S/c1-3-8(6-12)11-5-9(4-10(11)14)15-7(2)13/h8-9,12H,3-6H2,1-2H3/t8-,9?/m0/s1. The highest BCUT2D eigenvalue weighted by molar-refractivity contribution is 8.14. The van der Waals surface area contributed by atoms with E-state index in [1.54, 1.807) is 4.90 Å². The van der Waals surface area contributed by atoms with Crippen molar-refractivity contribution in [3.63, 3.8) is 0 Å². The molecule has 0 aliphatic carbocycles. The zero-order chi connectivity index (χ0) is 11.4. The summed E-state index contributed by atoms with van der Waals surface area (Å²) in [6.07, 6.45) is 1.17. The van der Waals surface area contributed by atoms with Crippen LogP contribution in [-0.4, -0.2) is 45.5 Å². The number of likely N-dealkylation sites (tertiary alicyclic amines) is 1. The summed E-state index contributed by atoms with van der Waals surface area (Å²) in [6.45, 7) is 4.04. The molecule has 1 unspecified atom stereocenters. The van der Waals surface area contributed by atoms with Crippen LogP contribution in [0.15, 0.2) is 0 Å². The van der Waals surface area contributed by atoms with Crippen molar-refractivity contribution in [3.8, 4) is 0 Å². The summed E-state index contributed by atoms with van der Waals surface area (Å²) in [6, 6.07) is -0.0879. The number of carbonyl (C=O) groups excluding carboxylic acids is 2. The van der Waals surface area contributed by atoms with Crippen molar-refractivity contribution < 1.29 is 14.7 Å². The van der Waals surface area contributed by atoms with Crippen LogP contribution in [0.4, 0.5) is 0 Å². The largest absolute Gasteiger partial charge is 0.394 e. The van der Waals surface area contributed by atoms with E-state index in [4.69, 9.17) is 5.11 Å². The molecule has 1 rings (SSSR count). The van der Waals surface area contributed by atoms with Crippen molar-refractivity contribution in [3.05, 3.63) is 0 Å². The quantitative estimate of drug-likeness (QED) is 0.771. The third-order valence-corrected chi connectivity index (χ3v) is 3.56. The van der Waals surface area contributed by atoms with E-state index in [-0.39, 0.29) is 28.9 Å². The molecule has 1 aliphatic rings. The molecule has 15 heavy (non-hydrogen) atoms. The van der Waals surface area contributed by atoms with E-state index in [9.17, 15) is 9.59 Å². The Hall–Kier alpha value is -0.550. The van der Waals surface area contributed by atoms with Gasteiger partial charge in [0.25, 0.3) is 0 Å². The molecular formula is C10H17NO3S. The molecular weight excluding hydrogens is 214 g/mol. The van der Waals surface area contributed by atoms with Crippen LogP contribution in [0, 0.1) is 0 Å². The van der Waals surface area contributed by atoms with Crippen molar-refractivity contribution >= 4 is 22.8 Å². The number of thioether (sulfide) groups is 1. The molecule has 0 radical (unpaired) electrons. The Labute approximate surface area is 94.0 Å². The lowest BCUT2D eigenvalue weighted by Crippen LogP contribution is -2.38. The maximum absolute atomic E-state index is 11.6. The van der Waals surface area contributed by atoms with Gasteiger partial charge in [-0.05, 0) is 6.42 Å². The molecule has 1 saturated heterocycles. The summed E-state index contributed by atoms with van der Waals surface area (Å²) < 4.78 is 0. The van der Waals surface area contributed by atoms with Gasteiger partial charge in [0.05, 0.1) is 12.6 Å². The summed E-state index contributed by atoms with van der Waals surface area (Å²) in [4.78, 5) is 24.2. The van der Waals surface area contributed by atoms with Crippen LogP contribution in [0.2, 0.25) is 0 Å². The number of hydrogen-bond donors (Lipinski definition) is 1. The van der Waals surface area contributed by atoms with E-state index in [0.29, 0.717) is 13.0 Å². The van der Waals surface area contributed by atoms with Gasteiger partial charge in [-0.2, -0.15) is 0 Å². The average molecular weight is 231 g/mol. The monoisotopic (exact) mass is 231 g/mol. The second-order valence-corrected chi connectivity index (χ2v) is 5.20. The molecule has 1 N–H and O–H groups in total. The van der Waals surface area contributed by atoms with Gasteiger partial charge < -0.3 is 10.0 Å². The number of carbonyl (C=O) groups is 2. The Morgan fingerprint density at radius 3 is 2.87 bits per heavy atom. The highest BCUT2D eigenvalue weighted by Crippen LogP contribution is 2.26. The van der Waals surface area contributed by atoms with Gasteiger partial charge in [-0.15, -0.1) is 0 Å². The fourth-order valence-electron chi connectivity index (χ4n) is 1.81. The maximum atomic E-state index is 11.6. The van der Waals surface area contributed by atoms with Gasteiger partial charge in [-0.3, -0.25) is 9.59 Å². The first-order valence-corrected chi connectivity index (χ1v) is 6.04. The predicted molar refractivity (Wildman–Crippen MR) is 59.6 cm³/mol. The molecule has 0 aromatic rings. The zero-order valence-electron chi connectivity index (χ0n) is 9.10. The number of rotatable bonds is 4. The minimum atomic E-state index is -0.0879. The normalized spacial score (nSPS) is 23.3. The van der Waals surface area contributed by atoms with Crippen molar-refractivity contribution in [1.29, 1.82) is 0 Å². The zero-order valence-corrected chi connectivity index (χ0v) is 9.92. The Morgan fingerprint density at radius 2 is 2.40 bits per heavy atom. The molecule has 0 aromatic carbocycles. The Bertz CT molecular complexity index is 253. The topological polar surface area (TPSA) is 57.6 Å². The van der Waals surface area contributed by atoms with Gasteiger partial charge in [-0.1, -0.05) is 18.7 Å². The minimum Gasteiger partial charge on any atom is -0.394 e. The summed E-state index contributed by atoms with van der Waals surface area (Å²) in [5.41, 5.74) is 0. The highest BCUT2D eigenvalue weighted by Gasteiger charge is 2.34. The van der Waals surface area contributed by atoms with Crippen LogP contribution in [0.25, 0.3) is 0 Å². The van der Waals surface area contributed by atoms with E-state index in [1.165, 1.54) is 18.7 Å². The Kier molecular flexibility index (Phi) is 4.60. The first-order chi connectivity index (χ1) is 7.08. The summed E-state index contributed by atoms with van der Waals surface area (Å²) >= 11 is 1.22. The van der Waals surface area contributed by atoms with Crippen molar-refractivity contribution in [2.24, 2.45) is 0 Å². The van der Waals surface area contributed by atoms with Crippen LogP contribution in [0.5, 0.6) is 0 Å². The van der Waals surface area contributed by atoms with Crippen molar-refractivity contribution in [2.75, 3.05) is 13.2 Å². The first-order valence-electron chi connectivity index (χ1n) is 5.16. The number of aliphatic hydroxyl groups excluding tert-OH is 1. The molecule has 0 saturated carbocycles. The molecule has 0 aromatic heterocycles. The molecule has 1 heterocycles. The number of nitrogens with zero attached hydrogens (tertiary/aromatic N) is 1. The van der Waals surface area contributed by atoms with Gasteiger partial charge in [-0.25, -0.2) is 0 Å². The van der Waals surface area contributed by atoms with E-state index < -0.39 is 0 Å². The van der Waals surface area contributed by atoms with Crippen LogP contribution >= 0.6 is 11.8 Å². The van der Waals surface area contributed by atoms with Crippen LogP contribution in [0.3, 0.4) is 0 Å². The summed E-state index contributed by atoms with van der Waals surface area (Å²) in [5.74, 6) is 0.0506. The maximum Gasteiger partial charge on any atom is 0.224 e. The number of hydrogen-bond acceptors (Lipinski definition) is 4. The molecule has 5 heteroatoms. The molecule has 0 spiro atoms. The SMILES string of the molecule is CC[C@@H](CO)N1CC(SC(C)=O)CC1=O. The van der Waals surface area contributed by atoms with E-state index in [0.717, 1.165) is 6.42 Å². The fourth-order valence-corrected chi connectivity index (χ4v) is 2.74. The lowest BCUT2D eigenvalue weighted by Gasteiger charge is -2.25. The van der Waals surface area contributed by atoms with E-state index in [2.05, 4.69) is 0 Å². The first kappa shape index (κ1) is 12.5. The molecule has 1 amide bonds. The third kappa shape index (κ3) is 3.21. The second kappa shape index (κ2) is 5.51. The molecule has 1 fully saturated rings. The van der Waals surface area contributed by atoms with Crippen LogP contribution in [0.1, 0.15) is 26.7 Å². The lowest BCUT2D eigenvalue weighted by molar-refractivity contribution is -0.130. The highest BCUT2D eigenvalue weighted by atomic mass is 32.2. The molecule has 2 atom stereocenters. The third-order valence-electron chi connectivity index (χ3n) is 2.58.